The second kappa shape index (κ2) is 10.1. The summed E-state index contributed by atoms with van der Waals surface area (Å²) in [7, 11) is 0. The molecule has 0 unspecified atom stereocenters. The zero-order valence-corrected chi connectivity index (χ0v) is 20.5. The van der Waals surface area contributed by atoms with Gasteiger partial charge in [0.2, 0.25) is 5.90 Å². The van der Waals surface area contributed by atoms with Gasteiger partial charge in [-0.3, -0.25) is 0 Å². The van der Waals surface area contributed by atoms with Crippen molar-refractivity contribution in [1.29, 1.82) is 0 Å². The molecule has 0 spiro atoms. The summed E-state index contributed by atoms with van der Waals surface area (Å²) in [5.41, 5.74) is 4.00. The number of aryl methyl sites for hydroxylation is 2. The van der Waals surface area contributed by atoms with E-state index in [9.17, 15) is 9.59 Å². The minimum absolute atomic E-state index is 0.162. The highest BCUT2D eigenvalue weighted by Gasteiger charge is 2.25. The Bertz CT molecular complexity index is 1330. The number of hydrogen-bond acceptors (Lipinski definition) is 6. The first kappa shape index (κ1) is 23.4. The minimum atomic E-state index is -0.542. The summed E-state index contributed by atoms with van der Waals surface area (Å²) in [6.45, 7) is 6.07. The number of esters is 2. The number of ether oxygens (including phenoxy) is 3. The fourth-order valence-electron chi connectivity index (χ4n) is 3.34. The van der Waals surface area contributed by atoms with E-state index in [-0.39, 0.29) is 17.3 Å². The Labute approximate surface area is 206 Å². The van der Waals surface area contributed by atoms with E-state index in [2.05, 4.69) is 20.9 Å². The van der Waals surface area contributed by atoms with E-state index in [1.54, 1.807) is 36.4 Å². The van der Waals surface area contributed by atoms with Crippen LogP contribution in [0.2, 0.25) is 0 Å². The highest BCUT2D eigenvalue weighted by Crippen LogP contribution is 2.38. The van der Waals surface area contributed by atoms with Gasteiger partial charge in [0.25, 0.3) is 0 Å². The summed E-state index contributed by atoms with van der Waals surface area (Å²) in [6.07, 6.45) is 1.60. The molecule has 1 aliphatic heterocycles. The van der Waals surface area contributed by atoms with Gasteiger partial charge in [-0.05, 0) is 84.7 Å². The molecule has 0 radical (unpaired) electrons. The van der Waals surface area contributed by atoms with E-state index >= 15 is 0 Å². The zero-order chi connectivity index (χ0) is 24.2. The van der Waals surface area contributed by atoms with E-state index in [4.69, 9.17) is 14.2 Å². The Balaban J connectivity index is 1.64. The minimum Gasteiger partial charge on any atom is -0.490 e. The van der Waals surface area contributed by atoms with Crippen LogP contribution in [0.15, 0.2) is 75.8 Å². The third kappa shape index (κ3) is 5.26. The molecule has 0 bridgehead atoms. The fraction of sp³-hybridized carbons (Fsp3) is 0.148. The van der Waals surface area contributed by atoms with E-state index in [1.165, 1.54) is 0 Å². The van der Waals surface area contributed by atoms with Crippen molar-refractivity contribution in [3.8, 4) is 11.5 Å². The Hall–Kier alpha value is -3.71. The largest absolute Gasteiger partial charge is 0.490 e. The number of benzene rings is 3. The molecule has 3 aromatic rings. The molecule has 6 nitrogen and oxygen atoms in total. The summed E-state index contributed by atoms with van der Waals surface area (Å²) >= 11 is 3.46. The highest BCUT2D eigenvalue weighted by atomic mass is 79.9. The lowest BCUT2D eigenvalue weighted by atomic mass is 10.1. The quantitative estimate of drug-likeness (QED) is 0.226. The van der Waals surface area contributed by atoms with E-state index in [1.807, 2.05) is 51.1 Å². The molecule has 172 valence electrons. The van der Waals surface area contributed by atoms with Crippen LogP contribution in [0.25, 0.3) is 6.08 Å². The first-order valence-corrected chi connectivity index (χ1v) is 11.5. The Morgan fingerprint density at radius 3 is 2.53 bits per heavy atom. The highest BCUT2D eigenvalue weighted by molar-refractivity contribution is 9.10. The number of carbonyl (C=O) groups excluding carboxylic acids is 2. The van der Waals surface area contributed by atoms with Gasteiger partial charge in [-0.25, -0.2) is 14.6 Å². The van der Waals surface area contributed by atoms with Gasteiger partial charge in [-0.2, -0.15) is 0 Å². The third-order valence-electron chi connectivity index (χ3n) is 5.00. The maximum atomic E-state index is 12.7. The van der Waals surface area contributed by atoms with Crippen molar-refractivity contribution in [1.82, 2.24) is 0 Å². The van der Waals surface area contributed by atoms with Crippen molar-refractivity contribution in [2.45, 2.75) is 20.8 Å². The third-order valence-corrected chi connectivity index (χ3v) is 5.59. The van der Waals surface area contributed by atoms with Crippen LogP contribution in [0.1, 0.15) is 39.5 Å². The molecule has 34 heavy (non-hydrogen) atoms. The Morgan fingerprint density at radius 1 is 1.06 bits per heavy atom. The van der Waals surface area contributed by atoms with E-state index < -0.39 is 11.9 Å². The molecule has 3 aromatic carbocycles. The van der Waals surface area contributed by atoms with Crippen LogP contribution in [-0.2, 0) is 9.53 Å². The van der Waals surface area contributed by atoms with Gasteiger partial charge in [0.15, 0.2) is 17.2 Å². The monoisotopic (exact) mass is 519 g/mol. The van der Waals surface area contributed by atoms with Crippen molar-refractivity contribution < 1.29 is 23.8 Å². The van der Waals surface area contributed by atoms with Gasteiger partial charge in [0.05, 0.1) is 16.6 Å². The molecule has 0 saturated carbocycles. The lowest BCUT2D eigenvalue weighted by molar-refractivity contribution is -0.129. The predicted molar refractivity (Wildman–Crippen MR) is 133 cm³/mol. The topological polar surface area (TPSA) is 74.2 Å². The number of rotatable bonds is 6. The average molecular weight is 520 g/mol. The van der Waals surface area contributed by atoms with Crippen molar-refractivity contribution in [2.24, 2.45) is 4.99 Å². The number of halogens is 1. The zero-order valence-electron chi connectivity index (χ0n) is 18.9. The maximum absolute atomic E-state index is 12.7. The molecule has 0 aliphatic carbocycles. The number of hydrogen-bond donors (Lipinski definition) is 0. The summed E-state index contributed by atoms with van der Waals surface area (Å²) in [6, 6.07) is 18.1. The molecular formula is C27H22BrNO5. The summed E-state index contributed by atoms with van der Waals surface area (Å²) in [4.78, 5) is 29.4. The van der Waals surface area contributed by atoms with Crippen LogP contribution >= 0.6 is 15.9 Å². The van der Waals surface area contributed by atoms with Crippen LogP contribution in [0.5, 0.6) is 11.5 Å². The maximum Gasteiger partial charge on any atom is 0.363 e. The number of nitrogens with zero attached hydrogens (tertiary/aromatic N) is 1. The molecule has 0 aromatic heterocycles. The summed E-state index contributed by atoms with van der Waals surface area (Å²) in [5, 5.41) is 0. The van der Waals surface area contributed by atoms with Crippen molar-refractivity contribution in [3.05, 3.63) is 98.7 Å². The molecule has 4 rings (SSSR count). The SMILES string of the molecule is CCOc1cc(/C=C2\N=C(c3ccc(C)cc3)OC2=O)cc(Br)c1OC(=O)c1cccc(C)c1. The lowest BCUT2D eigenvalue weighted by Gasteiger charge is -2.14. The first-order valence-electron chi connectivity index (χ1n) is 10.7. The molecule has 0 saturated heterocycles. The van der Waals surface area contributed by atoms with Crippen LogP contribution in [0, 0.1) is 13.8 Å². The standard InChI is InChI=1S/C27H22BrNO5/c1-4-32-23-15-18(13-21(28)24(23)33-26(30)20-7-5-6-17(3)12-20)14-22-27(31)34-25(29-22)19-10-8-16(2)9-11-19/h5-15H,4H2,1-3H3/b22-14-. The van der Waals surface area contributed by atoms with Gasteiger partial charge in [-0.15, -0.1) is 0 Å². The summed E-state index contributed by atoms with van der Waals surface area (Å²) < 4.78 is 17.2. The molecule has 1 aliphatic rings. The second-order valence-corrected chi connectivity index (χ2v) is 8.58. The summed E-state index contributed by atoms with van der Waals surface area (Å²) in [5.74, 6) is -0.168. The number of aliphatic imine (C=N–C) groups is 1. The Kier molecular flexibility index (Phi) is 6.93. The first-order chi connectivity index (χ1) is 16.3. The van der Waals surface area contributed by atoms with Crippen molar-refractivity contribution in [2.75, 3.05) is 6.61 Å². The van der Waals surface area contributed by atoms with Crippen LogP contribution in [-0.4, -0.2) is 24.4 Å². The van der Waals surface area contributed by atoms with Crippen molar-refractivity contribution >= 4 is 39.8 Å². The van der Waals surface area contributed by atoms with Crippen LogP contribution in [0.3, 0.4) is 0 Å². The average Bonchev–Trinajstić information content (AvgIpc) is 3.16. The van der Waals surface area contributed by atoms with Gasteiger partial charge in [0.1, 0.15) is 0 Å². The molecule has 0 amide bonds. The van der Waals surface area contributed by atoms with Crippen LogP contribution in [0.4, 0.5) is 0 Å². The number of carbonyl (C=O) groups is 2. The van der Waals surface area contributed by atoms with Gasteiger partial charge < -0.3 is 14.2 Å². The van der Waals surface area contributed by atoms with Gasteiger partial charge in [-0.1, -0.05) is 35.4 Å². The van der Waals surface area contributed by atoms with Gasteiger partial charge in [0, 0.05) is 5.56 Å². The molecular weight excluding hydrogens is 498 g/mol. The molecule has 0 fully saturated rings. The smallest absolute Gasteiger partial charge is 0.363 e. The van der Waals surface area contributed by atoms with Gasteiger partial charge >= 0.3 is 11.9 Å². The Morgan fingerprint density at radius 2 is 1.82 bits per heavy atom. The second-order valence-electron chi connectivity index (χ2n) is 7.72. The normalized spacial score (nSPS) is 14.1. The van der Waals surface area contributed by atoms with E-state index in [0.717, 1.165) is 16.7 Å². The number of cyclic esters (lactones) is 1. The molecule has 7 heteroatoms. The van der Waals surface area contributed by atoms with Crippen molar-refractivity contribution in [3.63, 3.8) is 0 Å². The van der Waals surface area contributed by atoms with Crippen LogP contribution < -0.4 is 9.47 Å². The molecule has 0 atom stereocenters. The fourth-order valence-corrected chi connectivity index (χ4v) is 3.88. The molecule has 0 N–H and O–H groups in total. The van der Waals surface area contributed by atoms with E-state index in [0.29, 0.717) is 28.0 Å². The predicted octanol–water partition coefficient (Wildman–Crippen LogP) is 6.03. The molecule has 1 heterocycles. The lowest BCUT2D eigenvalue weighted by Crippen LogP contribution is -2.10.